The molecular weight excluding hydrogens is 264 g/mol. The van der Waals surface area contributed by atoms with Crippen LogP contribution in [0, 0.1) is 0 Å². The van der Waals surface area contributed by atoms with Crippen molar-refractivity contribution in [2.45, 2.75) is 25.3 Å². The van der Waals surface area contributed by atoms with E-state index in [2.05, 4.69) is 14.9 Å². The largest absolute Gasteiger partial charge is 0.367 e. The van der Waals surface area contributed by atoms with Gasteiger partial charge in [0.15, 0.2) is 0 Å². The van der Waals surface area contributed by atoms with E-state index in [-0.39, 0.29) is 5.56 Å². The van der Waals surface area contributed by atoms with Crippen LogP contribution in [0.2, 0.25) is 5.02 Å². The summed E-state index contributed by atoms with van der Waals surface area (Å²) < 4.78 is 1.28. The van der Waals surface area contributed by atoms with Crippen LogP contribution in [0.5, 0.6) is 0 Å². The van der Waals surface area contributed by atoms with Gasteiger partial charge in [-0.25, -0.2) is 4.68 Å². The monoisotopic (exact) mass is 282 g/mol. The lowest BCUT2D eigenvalue weighted by molar-refractivity contribution is 0.273. The molecular formula is C13H19ClN4O. The summed E-state index contributed by atoms with van der Waals surface area (Å²) in [4.78, 5) is 16.7. The molecule has 2 fully saturated rings. The Bertz CT molecular complexity index is 530. The second kappa shape index (κ2) is 5.13. The van der Waals surface area contributed by atoms with Gasteiger partial charge in [0, 0.05) is 32.7 Å². The maximum Gasteiger partial charge on any atom is 0.287 e. The lowest BCUT2D eigenvalue weighted by Crippen LogP contribution is -2.37. The molecule has 6 heteroatoms. The second-order valence-electron chi connectivity index (χ2n) is 5.40. The Labute approximate surface area is 117 Å². The molecule has 0 aromatic carbocycles. The van der Waals surface area contributed by atoms with Gasteiger partial charge in [-0.3, -0.25) is 9.69 Å². The van der Waals surface area contributed by atoms with Crippen LogP contribution in [-0.4, -0.2) is 46.9 Å². The van der Waals surface area contributed by atoms with E-state index in [9.17, 15) is 4.79 Å². The highest BCUT2D eigenvalue weighted by molar-refractivity contribution is 6.33. The highest BCUT2D eigenvalue weighted by Crippen LogP contribution is 2.27. The normalized spacial score (nSPS) is 24.3. The topological polar surface area (TPSA) is 41.4 Å². The fourth-order valence-electron chi connectivity index (χ4n) is 3.15. The van der Waals surface area contributed by atoms with Crippen LogP contribution in [0.1, 0.15) is 19.3 Å². The third kappa shape index (κ3) is 2.37. The van der Waals surface area contributed by atoms with Crippen LogP contribution in [-0.2, 0) is 7.05 Å². The maximum absolute atomic E-state index is 11.9. The molecule has 0 radical (unpaired) electrons. The fourth-order valence-corrected chi connectivity index (χ4v) is 3.44. The third-order valence-corrected chi connectivity index (χ3v) is 4.56. The number of hydrogen-bond acceptors (Lipinski definition) is 4. The number of rotatable bonds is 1. The Balaban J connectivity index is 1.89. The van der Waals surface area contributed by atoms with Crippen LogP contribution in [0.4, 0.5) is 5.69 Å². The molecule has 0 spiro atoms. The standard InChI is InChI=1S/C13H19ClN4O/c1-16-13(19)12(14)11(8-15-16)18-7-3-6-17-5-2-4-10(17)9-18/h8,10H,2-7,9H2,1H3. The van der Waals surface area contributed by atoms with Gasteiger partial charge in [-0.2, -0.15) is 5.10 Å². The molecule has 1 unspecified atom stereocenters. The van der Waals surface area contributed by atoms with Crippen LogP contribution < -0.4 is 10.5 Å². The van der Waals surface area contributed by atoms with Gasteiger partial charge in [0.1, 0.15) is 5.02 Å². The summed E-state index contributed by atoms with van der Waals surface area (Å²) in [6.07, 6.45) is 5.35. The Kier molecular flexibility index (Phi) is 3.50. The maximum atomic E-state index is 11.9. The summed E-state index contributed by atoms with van der Waals surface area (Å²) in [7, 11) is 1.62. The van der Waals surface area contributed by atoms with Crippen molar-refractivity contribution in [1.29, 1.82) is 0 Å². The predicted molar refractivity (Wildman–Crippen MR) is 75.9 cm³/mol. The first-order valence-electron chi connectivity index (χ1n) is 6.87. The van der Waals surface area contributed by atoms with Gasteiger partial charge in [0.25, 0.3) is 5.56 Å². The van der Waals surface area contributed by atoms with Crippen LogP contribution in [0.15, 0.2) is 11.0 Å². The van der Waals surface area contributed by atoms with Crippen molar-refractivity contribution in [1.82, 2.24) is 14.7 Å². The summed E-state index contributed by atoms with van der Waals surface area (Å²) >= 11 is 6.20. The zero-order valence-electron chi connectivity index (χ0n) is 11.2. The van der Waals surface area contributed by atoms with E-state index in [1.807, 2.05) is 0 Å². The molecule has 0 bridgehead atoms. The van der Waals surface area contributed by atoms with Crippen molar-refractivity contribution >= 4 is 17.3 Å². The first-order chi connectivity index (χ1) is 9.16. The number of aromatic nitrogens is 2. The minimum absolute atomic E-state index is 0.216. The molecule has 104 valence electrons. The van der Waals surface area contributed by atoms with Crippen LogP contribution in [0.25, 0.3) is 0 Å². The van der Waals surface area contributed by atoms with Gasteiger partial charge < -0.3 is 4.90 Å². The SMILES string of the molecule is Cn1ncc(N2CCCN3CCCC3C2)c(Cl)c1=O. The predicted octanol–water partition coefficient (Wildman–Crippen LogP) is 1.11. The molecule has 0 saturated carbocycles. The number of halogens is 1. The Morgan fingerprint density at radius 2 is 2.11 bits per heavy atom. The second-order valence-corrected chi connectivity index (χ2v) is 5.78. The van der Waals surface area contributed by atoms with E-state index in [1.165, 1.54) is 24.1 Å². The summed E-state index contributed by atoms with van der Waals surface area (Å²) in [5.41, 5.74) is 0.574. The van der Waals surface area contributed by atoms with Gasteiger partial charge in [0.05, 0.1) is 11.9 Å². The van der Waals surface area contributed by atoms with Crippen molar-refractivity contribution in [3.05, 3.63) is 21.6 Å². The Morgan fingerprint density at radius 3 is 2.95 bits per heavy atom. The fraction of sp³-hybridized carbons (Fsp3) is 0.692. The van der Waals surface area contributed by atoms with Gasteiger partial charge in [-0.05, 0) is 25.8 Å². The number of anilines is 1. The van der Waals surface area contributed by atoms with Crippen molar-refractivity contribution in [2.24, 2.45) is 7.05 Å². The van der Waals surface area contributed by atoms with Crippen molar-refractivity contribution in [2.75, 3.05) is 31.1 Å². The molecule has 3 heterocycles. The minimum atomic E-state index is -0.216. The first kappa shape index (κ1) is 12.9. The molecule has 5 nitrogen and oxygen atoms in total. The zero-order valence-corrected chi connectivity index (χ0v) is 11.9. The van der Waals surface area contributed by atoms with Crippen molar-refractivity contribution in [3.8, 4) is 0 Å². The van der Waals surface area contributed by atoms with Crippen molar-refractivity contribution in [3.63, 3.8) is 0 Å². The molecule has 19 heavy (non-hydrogen) atoms. The van der Waals surface area contributed by atoms with E-state index in [0.717, 1.165) is 31.7 Å². The molecule has 2 aliphatic rings. The number of nitrogens with zero attached hydrogens (tertiary/aromatic N) is 4. The van der Waals surface area contributed by atoms with Gasteiger partial charge in [0.2, 0.25) is 0 Å². The molecule has 0 amide bonds. The van der Waals surface area contributed by atoms with E-state index in [0.29, 0.717) is 11.1 Å². The molecule has 0 aliphatic carbocycles. The molecule has 1 aromatic rings. The molecule has 2 saturated heterocycles. The number of hydrogen-bond donors (Lipinski definition) is 0. The lowest BCUT2D eigenvalue weighted by Gasteiger charge is -2.27. The van der Waals surface area contributed by atoms with Gasteiger partial charge >= 0.3 is 0 Å². The average molecular weight is 283 g/mol. The highest BCUT2D eigenvalue weighted by atomic mass is 35.5. The molecule has 1 aromatic heterocycles. The van der Waals surface area contributed by atoms with Gasteiger partial charge in [-0.1, -0.05) is 11.6 Å². The van der Waals surface area contributed by atoms with E-state index in [1.54, 1.807) is 13.2 Å². The van der Waals surface area contributed by atoms with Gasteiger partial charge in [-0.15, -0.1) is 0 Å². The quantitative estimate of drug-likeness (QED) is 0.774. The van der Waals surface area contributed by atoms with E-state index in [4.69, 9.17) is 11.6 Å². The average Bonchev–Trinajstić information content (AvgIpc) is 2.74. The summed E-state index contributed by atoms with van der Waals surface area (Å²) in [5, 5.41) is 4.39. The summed E-state index contributed by atoms with van der Waals surface area (Å²) in [6, 6.07) is 0.600. The Morgan fingerprint density at radius 1 is 1.32 bits per heavy atom. The molecule has 1 atom stereocenters. The van der Waals surface area contributed by atoms with Crippen LogP contribution >= 0.6 is 11.6 Å². The minimum Gasteiger partial charge on any atom is -0.367 e. The summed E-state index contributed by atoms with van der Waals surface area (Å²) in [5.74, 6) is 0. The number of aryl methyl sites for hydroxylation is 1. The van der Waals surface area contributed by atoms with E-state index >= 15 is 0 Å². The van der Waals surface area contributed by atoms with Crippen molar-refractivity contribution < 1.29 is 0 Å². The number of fused-ring (bicyclic) bond motifs is 1. The molecule has 2 aliphatic heterocycles. The van der Waals surface area contributed by atoms with E-state index < -0.39 is 0 Å². The lowest BCUT2D eigenvalue weighted by atomic mass is 10.2. The Hall–Kier alpha value is -1.07. The smallest absolute Gasteiger partial charge is 0.287 e. The van der Waals surface area contributed by atoms with Crippen LogP contribution in [0.3, 0.4) is 0 Å². The molecule has 0 N–H and O–H groups in total. The molecule has 3 rings (SSSR count). The third-order valence-electron chi connectivity index (χ3n) is 4.20. The first-order valence-corrected chi connectivity index (χ1v) is 7.25. The zero-order chi connectivity index (χ0) is 13.4. The summed E-state index contributed by atoms with van der Waals surface area (Å²) in [6.45, 7) is 4.26. The highest BCUT2D eigenvalue weighted by Gasteiger charge is 2.29.